The van der Waals surface area contributed by atoms with Crippen molar-refractivity contribution in [1.82, 2.24) is 15.2 Å². The van der Waals surface area contributed by atoms with E-state index in [0.717, 1.165) is 30.4 Å². The molecule has 3 aromatic rings. The van der Waals surface area contributed by atoms with Crippen molar-refractivity contribution >= 4 is 32.7 Å². The number of amides is 2. The van der Waals surface area contributed by atoms with Crippen LogP contribution < -0.4 is 15.4 Å². The number of urea groups is 1. The molecule has 0 aliphatic carbocycles. The van der Waals surface area contributed by atoms with Gasteiger partial charge in [0, 0.05) is 31.7 Å². The largest absolute Gasteiger partial charge is 0.486 e. The van der Waals surface area contributed by atoms with Gasteiger partial charge < -0.3 is 14.8 Å². The molecule has 1 atom stereocenters. The molecule has 0 spiro atoms. The molecule has 0 bridgehead atoms. The molecule has 1 aliphatic rings. The summed E-state index contributed by atoms with van der Waals surface area (Å²) in [4.78, 5) is 18.8. The van der Waals surface area contributed by atoms with Crippen molar-refractivity contribution in [2.75, 3.05) is 44.7 Å². The molecule has 4 rings (SSSR count). The Bertz CT molecular complexity index is 1130. The van der Waals surface area contributed by atoms with Gasteiger partial charge in [0.15, 0.2) is 5.13 Å². The minimum absolute atomic E-state index is 0.0653. The zero-order chi connectivity index (χ0) is 24.1. The van der Waals surface area contributed by atoms with Crippen LogP contribution in [0.3, 0.4) is 0 Å². The van der Waals surface area contributed by atoms with Crippen LogP contribution in [0.1, 0.15) is 24.2 Å². The van der Waals surface area contributed by atoms with E-state index in [1.165, 1.54) is 23.5 Å². The topological polar surface area (TPSA) is 75.7 Å². The van der Waals surface area contributed by atoms with Crippen LogP contribution in [-0.4, -0.2) is 55.3 Å². The summed E-state index contributed by atoms with van der Waals surface area (Å²) < 4.78 is 51.8. The molecule has 0 saturated carbocycles. The predicted molar refractivity (Wildman–Crippen MR) is 124 cm³/mol. The van der Waals surface area contributed by atoms with Gasteiger partial charge in [-0.2, -0.15) is 13.2 Å². The maximum Gasteiger partial charge on any atom is 0.416 e. The third-order valence-corrected chi connectivity index (χ3v) is 6.35. The van der Waals surface area contributed by atoms with Crippen molar-refractivity contribution in [2.24, 2.45) is 0 Å². The van der Waals surface area contributed by atoms with Gasteiger partial charge in [0.1, 0.15) is 11.9 Å². The van der Waals surface area contributed by atoms with Gasteiger partial charge in [0.25, 0.3) is 0 Å². The average Bonchev–Trinajstić information content (AvgIpc) is 3.20. The Morgan fingerprint density at radius 1 is 1.24 bits per heavy atom. The fourth-order valence-corrected chi connectivity index (χ4v) is 4.59. The number of fused-ring (bicyclic) bond motifs is 1. The first-order valence-corrected chi connectivity index (χ1v) is 11.7. The second-order valence-corrected chi connectivity index (χ2v) is 8.86. The maximum absolute atomic E-state index is 13.3. The number of nitrogens with one attached hydrogen (secondary N) is 2. The fraction of sp³-hybridized carbons (Fsp3) is 0.391. The zero-order valence-electron chi connectivity index (χ0n) is 18.5. The molecule has 1 fully saturated rings. The molecule has 7 nitrogen and oxygen atoms in total. The average molecular weight is 495 g/mol. The van der Waals surface area contributed by atoms with Gasteiger partial charge in [0.05, 0.1) is 29.0 Å². The standard InChI is InChI=1S/C23H25F3N4O3S/c1-15(17-4-2-3-5-18(17)23(24,25)26)33-16-6-7-19-20(14-16)34-22(28-19)29-21(31)27-8-9-30-10-12-32-13-11-30/h2-7,14-15H,8-13H2,1H3,(H2,27,28,29,31). The highest BCUT2D eigenvalue weighted by atomic mass is 32.1. The van der Waals surface area contributed by atoms with Crippen LogP contribution in [0.5, 0.6) is 5.75 Å². The van der Waals surface area contributed by atoms with E-state index in [9.17, 15) is 18.0 Å². The summed E-state index contributed by atoms with van der Waals surface area (Å²) in [6.45, 7) is 5.95. The van der Waals surface area contributed by atoms with Crippen LogP contribution in [0.25, 0.3) is 10.2 Å². The number of ether oxygens (including phenoxy) is 2. The van der Waals surface area contributed by atoms with Crippen molar-refractivity contribution in [3.63, 3.8) is 0 Å². The Hall–Kier alpha value is -2.89. The summed E-state index contributed by atoms with van der Waals surface area (Å²) in [6.07, 6.45) is -5.27. The lowest BCUT2D eigenvalue weighted by Crippen LogP contribution is -2.42. The van der Waals surface area contributed by atoms with Crippen LogP contribution in [0.2, 0.25) is 0 Å². The van der Waals surface area contributed by atoms with Crippen molar-refractivity contribution in [2.45, 2.75) is 19.2 Å². The van der Waals surface area contributed by atoms with E-state index in [0.29, 0.717) is 36.2 Å². The third-order valence-electron chi connectivity index (χ3n) is 5.41. The molecule has 1 aromatic heterocycles. The molecule has 11 heteroatoms. The highest BCUT2D eigenvalue weighted by molar-refractivity contribution is 7.22. The molecule has 34 heavy (non-hydrogen) atoms. The lowest BCUT2D eigenvalue weighted by Gasteiger charge is -2.26. The SMILES string of the molecule is CC(Oc1ccc2nc(NC(=O)NCCN3CCOCC3)sc2c1)c1ccccc1C(F)(F)F. The van der Waals surface area contributed by atoms with Gasteiger partial charge >= 0.3 is 12.2 Å². The molecule has 2 amide bonds. The molecule has 2 heterocycles. The van der Waals surface area contributed by atoms with Crippen LogP contribution in [-0.2, 0) is 10.9 Å². The first-order chi connectivity index (χ1) is 16.3. The third kappa shape index (κ3) is 6.16. The second kappa shape index (κ2) is 10.6. The van der Waals surface area contributed by atoms with E-state index < -0.39 is 17.8 Å². The smallest absolute Gasteiger partial charge is 0.416 e. The number of rotatable bonds is 7. The zero-order valence-corrected chi connectivity index (χ0v) is 19.3. The van der Waals surface area contributed by atoms with Gasteiger partial charge in [-0.3, -0.25) is 10.2 Å². The summed E-state index contributed by atoms with van der Waals surface area (Å²) in [5, 5.41) is 5.96. The number of morpholine rings is 1. The first-order valence-electron chi connectivity index (χ1n) is 10.9. The Labute approximate surface area is 198 Å². The molecule has 1 unspecified atom stereocenters. The van der Waals surface area contributed by atoms with Crippen LogP contribution in [0, 0.1) is 0 Å². The van der Waals surface area contributed by atoms with Gasteiger partial charge in [0.2, 0.25) is 0 Å². The maximum atomic E-state index is 13.3. The Morgan fingerprint density at radius 2 is 2.00 bits per heavy atom. The second-order valence-electron chi connectivity index (χ2n) is 7.83. The highest BCUT2D eigenvalue weighted by Crippen LogP contribution is 2.36. The number of anilines is 1. The Balaban J connectivity index is 1.36. The van der Waals surface area contributed by atoms with Crippen LogP contribution >= 0.6 is 11.3 Å². The van der Waals surface area contributed by atoms with Crippen molar-refractivity contribution in [1.29, 1.82) is 0 Å². The number of alkyl halides is 3. The van der Waals surface area contributed by atoms with Gasteiger partial charge in [-0.05, 0) is 31.2 Å². The van der Waals surface area contributed by atoms with E-state index >= 15 is 0 Å². The quantitative estimate of drug-likeness (QED) is 0.488. The number of benzene rings is 2. The van der Waals surface area contributed by atoms with E-state index in [1.54, 1.807) is 31.2 Å². The van der Waals surface area contributed by atoms with Crippen molar-refractivity contribution in [3.05, 3.63) is 53.6 Å². The Kier molecular flexibility index (Phi) is 7.54. The summed E-state index contributed by atoms with van der Waals surface area (Å²) in [6, 6.07) is 10.1. The van der Waals surface area contributed by atoms with E-state index in [-0.39, 0.29) is 11.6 Å². The van der Waals surface area contributed by atoms with E-state index in [4.69, 9.17) is 9.47 Å². The molecule has 2 aromatic carbocycles. The summed E-state index contributed by atoms with van der Waals surface area (Å²) in [7, 11) is 0. The number of hydrogen-bond donors (Lipinski definition) is 2. The monoisotopic (exact) mass is 494 g/mol. The number of nitrogens with zero attached hydrogens (tertiary/aromatic N) is 2. The molecule has 0 radical (unpaired) electrons. The van der Waals surface area contributed by atoms with Gasteiger partial charge in [-0.25, -0.2) is 9.78 Å². The lowest BCUT2D eigenvalue weighted by molar-refractivity contribution is -0.138. The number of halogens is 3. The summed E-state index contributed by atoms with van der Waals surface area (Å²) in [5.74, 6) is 0.419. The number of carbonyl (C=O) groups is 1. The number of aromatic nitrogens is 1. The molecular weight excluding hydrogens is 469 g/mol. The minimum Gasteiger partial charge on any atom is -0.486 e. The summed E-state index contributed by atoms with van der Waals surface area (Å²) >= 11 is 1.26. The van der Waals surface area contributed by atoms with Gasteiger partial charge in [-0.1, -0.05) is 29.5 Å². The summed E-state index contributed by atoms with van der Waals surface area (Å²) in [5.41, 5.74) is 0.00676. The molecule has 1 aliphatic heterocycles. The molecular formula is C23H25F3N4O3S. The lowest BCUT2D eigenvalue weighted by atomic mass is 10.0. The number of hydrogen-bond acceptors (Lipinski definition) is 6. The predicted octanol–water partition coefficient (Wildman–Crippen LogP) is 4.91. The molecule has 182 valence electrons. The van der Waals surface area contributed by atoms with Crippen LogP contribution in [0.15, 0.2) is 42.5 Å². The highest BCUT2D eigenvalue weighted by Gasteiger charge is 2.34. The Morgan fingerprint density at radius 3 is 2.76 bits per heavy atom. The molecule has 2 N–H and O–H groups in total. The minimum atomic E-state index is -4.46. The van der Waals surface area contributed by atoms with Crippen molar-refractivity contribution < 1.29 is 27.4 Å². The van der Waals surface area contributed by atoms with E-state index in [1.807, 2.05) is 0 Å². The fourth-order valence-electron chi connectivity index (χ4n) is 3.70. The first kappa shape index (κ1) is 24.2. The molecule has 1 saturated heterocycles. The van der Waals surface area contributed by atoms with Crippen molar-refractivity contribution in [3.8, 4) is 5.75 Å². The van der Waals surface area contributed by atoms with Crippen LogP contribution in [0.4, 0.5) is 23.1 Å². The van der Waals surface area contributed by atoms with Gasteiger partial charge in [-0.15, -0.1) is 0 Å². The normalized spacial score (nSPS) is 15.8. The number of thiazole rings is 1. The number of carbonyl (C=O) groups excluding carboxylic acids is 1. The van der Waals surface area contributed by atoms with E-state index in [2.05, 4.69) is 20.5 Å².